The summed E-state index contributed by atoms with van der Waals surface area (Å²) in [5, 5.41) is 5.45. The molecule has 2 aromatic heterocycles. The monoisotopic (exact) mass is 393 g/mol. The first kappa shape index (κ1) is 16.3. The number of ether oxygens (including phenoxy) is 1. The van der Waals surface area contributed by atoms with Crippen LogP contribution >= 0.6 is 15.9 Å². The highest BCUT2D eigenvalue weighted by molar-refractivity contribution is 9.10. The number of hydrogen-bond donors (Lipinski definition) is 0. The zero-order valence-electron chi connectivity index (χ0n) is 14.5. The lowest BCUT2D eigenvalue weighted by atomic mass is 9.60. The minimum atomic E-state index is 0.288. The Morgan fingerprint density at radius 2 is 2.12 bits per heavy atom. The molecule has 6 nitrogen and oxygen atoms in total. The summed E-state index contributed by atoms with van der Waals surface area (Å²) >= 11 is 3.57. The molecule has 4 rings (SSSR count). The molecule has 2 aliphatic rings. The van der Waals surface area contributed by atoms with Crippen molar-refractivity contribution >= 4 is 32.8 Å². The minimum Gasteiger partial charge on any atom is -0.378 e. The Morgan fingerprint density at radius 3 is 2.83 bits per heavy atom. The van der Waals surface area contributed by atoms with Gasteiger partial charge in [-0.05, 0) is 42.1 Å². The van der Waals surface area contributed by atoms with Gasteiger partial charge in [0.25, 0.3) is 0 Å². The van der Waals surface area contributed by atoms with Gasteiger partial charge in [0.1, 0.15) is 16.7 Å². The summed E-state index contributed by atoms with van der Waals surface area (Å²) in [5.74, 6) is 0.964. The van der Waals surface area contributed by atoms with Gasteiger partial charge in [0.2, 0.25) is 0 Å². The lowest BCUT2D eigenvalue weighted by Gasteiger charge is -2.57. The second-order valence-electron chi connectivity index (χ2n) is 7.06. The van der Waals surface area contributed by atoms with Crippen molar-refractivity contribution in [3.05, 3.63) is 10.9 Å². The predicted molar refractivity (Wildman–Crippen MR) is 97.1 cm³/mol. The van der Waals surface area contributed by atoms with E-state index in [4.69, 9.17) is 4.74 Å². The zero-order chi connectivity index (χ0) is 16.9. The van der Waals surface area contributed by atoms with Crippen LogP contribution in [0.15, 0.2) is 10.9 Å². The van der Waals surface area contributed by atoms with Gasteiger partial charge in [-0.3, -0.25) is 0 Å². The quantitative estimate of drug-likeness (QED) is 0.797. The molecule has 2 aromatic rings. The number of rotatable bonds is 4. The van der Waals surface area contributed by atoms with E-state index in [1.165, 1.54) is 25.7 Å². The summed E-state index contributed by atoms with van der Waals surface area (Å²) in [4.78, 5) is 11.3. The maximum atomic E-state index is 6.06. The standard InChI is InChI=1S/C17H24BrN5O/c1-4-24-12-9-11(17(12)7-5-6-8-17)22(2)15-13-14(18)21-23(3)16(13)20-10-19-15/h10-12H,4-9H2,1-3H3. The van der Waals surface area contributed by atoms with E-state index in [-0.39, 0.29) is 5.41 Å². The highest BCUT2D eigenvalue weighted by atomic mass is 79.9. The molecule has 2 atom stereocenters. The van der Waals surface area contributed by atoms with E-state index in [0.29, 0.717) is 12.1 Å². The molecule has 24 heavy (non-hydrogen) atoms. The number of fused-ring (bicyclic) bond motifs is 1. The summed E-state index contributed by atoms with van der Waals surface area (Å²) in [6.07, 6.45) is 8.25. The highest BCUT2D eigenvalue weighted by Gasteiger charge is 2.58. The van der Waals surface area contributed by atoms with Crippen LogP contribution in [0.25, 0.3) is 11.0 Å². The normalized spacial score (nSPS) is 25.3. The van der Waals surface area contributed by atoms with Crippen molar-refractivity contribution in [2.75, 3.05) is 18.6 Å². The number of hydrogen-bond acceptors (Lipinski definition) is 5. The molecular formula is C17H24BrN5O. The SMILES string of the molecule is CCOC1CC(N(C)c2ncnc3c2c(Br)nn3C)C12CCCC2. The van der Waals surface area contributed by atoms with Crippen molar-refractivity contribution in [2.45, 2.75) is 51.2 Å². The third-order valence-corrected chi connectivity index (χ3v) is 6.56. The van der Waals surface area contributed by atoms with Crippen LogP contribution in [0.4, 0.5) is 5.82 Å². The van der Waals surface area contributed by atoms with Gasteiger partial charge in [-0.25, -0.2) is 14.6 Å². The van der Waals surface area contributed by atoms with Crippen molar-refractivity contribution in [2.24, 2.45) is 12.5 Å². The molecular weight excluding hydrogens is 370 g/mol. The van der Waals surface area contributed by atoms with Crippen molar-refractivity contribution in [3.8, 4) is 0 Å². The average Bonchev–Trinajstić information content (AvgIpc) is 3.18. The molecule has 1 spiro atoms. The average molecular weight is 394 g/mol. The lowest BCUT2D eigenvalue weighted by Crippen LogP contribution is -2.63. The first-order valence-corrected chi connectivity index (χ1v) is 9.55. The Bertz CT molecular complexity index is 755. The lowest BCUT2D eigenvalue weighted by molar-refractivity contribution is -0.121. The number of halogens is 1. The van der Waals surface area contributed by atoms with E-state index in [0.717, 1.165) is 34.5 Å². The molecule has 2 fully saturated rings. The molecule has 2 heterocycles. The topological polar surface area (TPSA) is 56.1 Å². The van der Waals surface area contributed by atoms with E-state index in [1.54, 1.807) is 11.0 Å². The first-order chi connectivity index (χ1) is 11.6. The summed E-state index contributed by atoms with van der Waals surface area (Å²) in [5.41, 5.74) is 1.15. The van der Waals surface area contributed by atoms with Crippen LogP contribution in [0, 0.1) is 5.41 Å². The molecule has 0 radical (unpaired) electrons. The van der Waals surface area contributed by atoms with Crippen LogP contribution in [0.5, 0.6) is 0 Å². The molecule has 0 bridgehead atoms. The number of anilines is 1. The summed E-state index contributed by atoms with van der Waals surface area (Å²) in [6.45, 7) is 2.90. The molecule has 2 saturated carbocycles. The number of nitrogens with zero attached hydrogens (tertiary/aromatic N) is 5. The van der Waals surface area contributed by atoms with E-state index in [1.807, 2.05) is 7.05 Å². The van der Waals surface area contributed by atoms with Gasteiger partial charge < -0.3 is 9.64 Å². The Balaban J connectivity index is 1.71. The molecule has 0 aromatic carbocycles. The van der Waals surface area contributed by atoms with Crippen LogP contribution in [-0.2, 0) is 11.8 Å². The fraction of sp³-hybridized carbons (Fsp3) is 0.706. The maximum absolute atomic E-state index is 6.06. The Morgan fingerprint density at radius 1 is 1.38 bits per heavy atom. The van der Waals surface area contributed by atoms with Gasteiger partial charge in [0.05, 0.1) is 11.5 Å². The van der Waals surface area contributed by atoms with E-state index < -0.39 is 0 Å². The number of aromatic nitrogens is 4. The predicted octanol–water partition coefficient (Wildman–Crippen LogP) is 3.30. The fourth-order valence-electron chi connectivity index (χ4n) is 4.83. The third kappa shape index (κ3) is 2.20. The Hall–Kier alpha value is -1.21. The van der Waals surface area contributed by atoms with E-state index >= 15 is 0 Å². The van der Waals surface area contributed by atoms with Crippen molar-refractivity contribution in [1.29, 1.82) is 0 Å². The molecule has 2 aliphatic carbocycles. The second-order valence-corrected chi connectivity index (χ2v) is 7.81. The van der Waals surface area contributed by atoms with Gasteiger partial charge >= 0.3 is 0 Å². The second kappa shape index (κ2) is 5.95. The number of aryl methyl sites for hydroxylation is 1. The van der Waals surface area contributed by atoms with E-state index in [2.05, 4.69) is 49.9 Å². The first-order valence-electron chi connectivity index (χ1n) is 8.76. The van der Waals surface area contributed by atoms with Crippen LogP contribution in [0.3, 0.4) is 0 Å². The molecule has 7 heteroatoms. The smallest absolute Gasteiger partial charge is 0.164 e. The van der Waals surface area contributed by atoms with Gasteiger partial charge in [-0.1, -0.05) is 12.8 Å². The Labute approximate surface area is 150 Å². The van der Waals surface area contributed by atoms with Crippen LogP contribution in [0.2, 0.25) is 0 Å². The van der Waals surface area contributed by atoms with Gasteiger partial charge in [0, 0.05) is 32.2 Å². The van der Waals surface area contributed by atoms with Crippen LogP contribution in [0.1, 0.15) is 39.0 Å². The molecule has 0 amide bonds. The fourth-order valence-corrected chi connectivity index (χ4v) is 5.43. The minimum absolute atomic E-state index is 0.288. The van der Waals surface area contributed by atoms with Crippen molar-refractivity contribution < 1.29 is 4.74 Å². The third-order valence-electron chi connectivity index (χ3n) is 6.00. The summed E-state index contributed by atoms with van der Waals surface area (Å²) in [6, 6.07) is 0.474. The maximum Gasteiger partial charge on any atom is 0.164 e. The van der Waals surface area contributed by atoms with Gasteiger partial charge in [-0.2, -0.15) is 5.10 Å². The van der Waals surface area contributed by atoms with Crippen LogP contribution < -0.4 is 4.90 Å². The van der Waals surface area contributed by atoms with Crippen molar-refractivity contribution in [1.82, 2.24) is 19.7 Å². The van der Waals surface area contributed by atoms with Gasteiger partial charge in [0.15, 0.2) is 5.65 Å². The van der Waals surface area contributed by atoms with Crippen molar-refractivity contribution in [3.63, 3.8) is 0 Å². The molecule has 0 N–H and O–H groups in total. The van der Waals surface area contributed by atoms with E-state index in [9.17, 15) is 0 Å². The highest BCUT2D eigenvalue weighted by Crippen LogP contribution is 2.57. The summed E-state index contributed by atoms with van der Waals surface area (Å²) < 4.78 is 8.67. The zero-order valence-corrected chi connectivity index (χ0v) is 16.1. The summed E-state index contributed by atoms with van der Waals surface area (Å²) in [7, 11) is 4.07. The van der Waals surface area contributed by atoms with Gasteiger partial charge in [-0.15, -0.1) is 0 Å². The van der Waals surface area contributed by atoms with Crippen LogP contribution in [-0.4, -0.2) is 45.5 Å². The molecule has 0 aliphatic heterocycles. The molecule has 0 saturated heterocycles. The molecule has 130 valence electrons. The molecule has 2 unspecified atom stereocenters. The Kier molecular flexibility index (Phi) is 4.03. The largest absolute Gasteiger partial charge is 0.378 e.